The fourth-order valence-corrected chi connectivity index (χ4v) is 2.33. The molecule has 5 heteroatoms. The zero-order valence-corrected chi connectivity index (χ0v) is 12.0. The number of benzene rings is 1. The van der Waals surface area contributed by atoms with Crippen LogP contribution in [-0.2, 0) is 0 Å². The van der Waals surface area contributed by atoms with Crippen molar-refractivity contribution in [3.05, 3.63) is 70.6 Å². The summed E-state index contributed by atoms with van der Waals surface area (Å²) in [7, 11) is 0. The SMILES string of the molecule is Cc1noc(-c2ccccc2Cl)c1C(=O)c1cccnc1. The van der Waals surface area contributed by atoms with E-state index in [9.17, 15) is 4.79 Å². The van der Waals surface area contributed by atoms with Gasteiger partial charge < -0.3 is 4.52 Å². The summed E-state index contributed by atoms with van der Waals surface area (Å²) in [6.07, 6.45) is 3.14. The predicted octanol–water partition coefficient (Wildman–Crippen LogP) is 3.93. The van der Waals surface area contributed by atoms with E-state index >= 15 is 0 Å². The van der Waals surface area contributed by atoms with Gasteiger partial charge in [0.1, 0.15) is 0 Å². The molecule has 2 heterocycles. The minimum Gasteiger partial charge on any atom is -0.355 e. The maximum absolute atomic E-state index is 12.7. The van der Waals surface area contributed by atoms with Crippen LogP contribution in [0.2, 0.25) is 5.02 Å². The van der Waals surface area contributed by atoms with Gasteiger partial charge in [0.25, 0.3) is 0 Å². The number of halogens is 1. The normalized spacial score (nSPS) is 10.6. The number of aryl methyl sites for hydroxylation is 1. The Balaban J connectivity index is 2.15. The Hall–Kier alpha value is -2.46. The first kappa shape index (κ1) is 13.5. The number of nitrogens with zero attached hydrogens (tertiary/aromatic N) is 2. The third-order valence-corrected chi connectivity index (χ3v) is 3.46. The van der Waals surface area contributed by atoms with Crippen molar-refractivity contribution in [3.8, 4) is 11.3 Å². The van der Waals surface area contributed by atoms with Crippen molar-refractivity contribution in [1.29, 1.82) is 0 Å². The van der Waals surface area contributed by atoms with Crippen molar-refractivity contribution in [1.82, 2.24) is 10.1 Å². The highest BCUT2D eigenvalue weighted by atomic mass is 35.5. The molecule has 0 unspecified atom stereocenters. The topological polar surface area (TPSA) is 56.0 Å². The lowest BCUT2D eigenvalue weighted by Gasteiger charge is -2.03. The number of hydrogen-bond acceptors (Lipinski definition) is 4. The number of carbonyl (C=O) groups is 1. The van der Waals surface area contributed by atoms with E-state index in [-0.39, 0.29) is 5.78 Å². The fraction of sp³-hybridized carbons (Fsp3) is 0.0625. The van der Waals surface area contributed by atoms with Gasteiger partial charge in [0.2, 0.25) is 0 Å². The largest absolute Gasteiger partial charge is 0.355 e. The highest BCUT2D eigenvalue weighted by molar-refractivity contribution is 6.33. The van der Waals surface area contributed by atoms with Gasteiger partial charge in [-0.05, 0) is 31.2 Å². The van der Waals surface area contributed by atoms with Gasteiger partial charge in [0.15, 0.2) is 11.5 Å². The summed E-state index contributed by atoms with van der Waals surface area (Å²) in [5.74, 6) is 0.198. The van der Waals surface area contributed by atoms with Crippen molar-refractivity contribution in [2.45, 2.75) is 6.92 Å². The summed E-state index contributed by atoms with van der Waals surface area (Å²) in [6, 6.07) is 10.6. The van der Waals surface area contributed by atoms with Crippen molar-refractivity contribution >= 4 is 17.4 Å². The van der Waals surface area contributed by atoms with Crippen molar-refractivity contribution in [2.24, 2.45) is 0 Å². The number of ketones is 1. The Kier molecular flexibility index (Phi) is 3.54. The fourth-order valence-electron chi connectivity index (χ4n) is 2.11. The van der Waals surface area contributed by atoms with E-state index in [2.05, 4.69) is 10.1 Å². The van der Waals surface area contributed by atoms with Crippen LogP contribution >= 0.6 is 11.6 Å². The molecule has 0 saturated heterocycles. The molecule has 104 valence electrons. The standard InChI is InChI=1S/C16H11ClN2O2/c1-10-14(15(20)11-5-4-8-18-9-11)16(21-19-10)12-6-2-3-7-13(12)17/h2-9H,1H3. The minimum atomic E-state index is -0.184. The molecular weight excluding hydrogens is 288 g/mol. The van der Waals surface area contributed by atoms with Gasteiger partial charge in [0.05, 0.1) is 16.3 Å². The molecule has 4 nitrogen and oxygen atoms in total. The maximum atomic E-state index is 12.7. The first-order valence-corrected chi connectivity index (χ1v) is 6.72. The first-order chi connectivity index (χ1) is 10.2. The Morgan fingerprint density at radius 1 is 1.19 bits per heavy atom. The minimum absolute atomic E-state index is 0.184. The van der Waals surface area contributed by atoms with Crippen LogP contribution in [0.1, 0.15) is 21.6 Å². The van der Waals surface area contributed by atoms with E-state index in [4.69, 9.17) is 16.1 Å². The second-order valence-corrected chi connectivity index (χ2v) is 4.93. The number of hydrogen-bond donors (Lipinski definition) is 0. The molecule has 2 aromatic heterocycles. The molecule has 3 aromatic rings. The molecule has 3 rings (SSSR count). The van der Waals surface area contributed by atoms with Gasteiger partial charge in [-0.15, -0.1) is 0 Å². The summed E-state index contributed by atoms with van der Waals surface area (Å²) < 4.78 is 5.33. The Bertz CT molecular complexity index is 797. The molecule has 0 fully saturated rings. The third-order valence-electron chi connectivity index (χ3n) is 3.13. The van der Waals surface area contributed by atoms with Gasteiger partial charge in [0, 0.05) is 23.5 Å². The van der Waals surface area contributed by atoms with E-state index < -0.39 is 0 Å². The third kappa shape index (κ3) is 2.45. The highest BCUT2D eigenvalue weighted by Crippen LogP contribution is 2.32. The molecule has 0 saturated carbocycles. The number of aromatic nitrogens is 2. The predicted molar refractivity (Wildman–Crippen MR) is 79.4 cm³/mol. The van der Waals surface area contributed by atoms with Crippen LogP contribution in [0.4, 0.5) is 0 Å². The van der Waals surface area contributed by atoms with E-state index in [1.165, 1.54) is 6.20 Å². The zero-order valence-electron chi connectivity index (χ0n) is 11.2. The molecule has 0 aliphatic heterocycles. The van der Waals surface area contributed by atoms with E-state index in [1.807, 2.05) is 12.1 Å². The van der Waals surface area contributed by atoms with Gasteiger partial charge in [-0.1, -0.05) is 28.9 Å². The maximum Gasteiger partial charge on any atom is 0.200 e. The number of carbonyl (C=O) groups excluding carboxylic acids is 1. The summed E-state index contributed by atoms with van der Waals surface area (Å²) in [6.45, 7) is 1.73. The Morgan fingerprint density at radius 2 is 2.00 bits per heavy atom. The van der Waals surface area contributed by atoms with Crippen LogP contribution < -0.4 is 0 Å². The molecular formula is C16H11ClN2O2. The quantitative estimate of drug-likeness (QED) is 0.687. The van der Waals surface area contributed by atoms with Crippen molar-refractivity contribution in [3.63, 3.8) is 0 Å². The van der Waals surface area contributed by atoms with E-state index in [1.54, 1.807) is 37.4 Å². The van der Waals surface area contributed by atoms with Crippen molar-refractivity contribution < 1.29 is 9.32 Å². The second kappa shape index (κ2) is 5.50. The van der Waals surface area contributed by atoms with Crippen LogP contribution in [0, 0.1) is 6.92 Å². The van der Waals surface area contributed by atoms with Gasteiger partial charge in [-0.25, -0.2) is 0 Å². The van der Waals surface area contributed by atoms with Crippen LogP contribution in [0.3, 0.4) is 0 Å². The molecule has 0 aliphatic rings. The number of rotatable bonds is 3. The molecule has 0 aliphatic carbocycles. The lowest BCUT2D eigenvalue weighted by molar-refractivity contribution is 0.103. The molecule has 0 spiro atoms. The molecule has 0 atom stereocenters. The molecule has 21 heavy (non-hydrogen) atoms. The Labute approximate surface area is 126 Å². The van der Waals surface area contributed by atoms with Gasteiger partial charge in [-0.2, -0.15) is 0 Å². The van der Waals surface area contributed by atoms with Crippen LogP contribution in [-0.4, -0.2) is 15.9 Å². The van der Waals surface area contributed by atoms with Crippen LogP contribution in [0.15, 0.2) is 53.3 Å². The average molecular weight is 299 g/mol. The number of pyridine rings is 1. The molecule has 0 bridgehead atoms. The van der Waals surface area contributed by atoms with Crippen molar-refractivity contribution in [2.75, 3.05) is 0 Å². The summed E-state index contributed by atoms with van der Waals surface area (Å²) >= 11 is 6.18. The molecule has 0 radical (unpaired) electrons. The lowest BCUT2D eigenvalue weighted by atomic mass is 9.99. The first-order valence-electron chi connectivity index (χ1n) is 6.34. The average Bonchev–Trinajstić information content (AvgIpc) is 2.89. The lowest BCUT2D eigenvalue weighted by Crippen LogP contribution is -2.04. The summed E-state index contributed by atoms with van der Waals surface area (Å²) in [5, 5.41) is 4.41. The smallest absolute Gasteiger partial charge is 0.200 e. The summed E-state index contributed by atoms with van der Waals surface area (Å²) in [5.41, 5.74) is 2.07. The van der Waals surface area contributed by atoms with Gasteiger partial charge >= 0.3 is 0 Å². The zero-order chi connectivity index (χ0) is 14.8. The second-order valence-electron chi connectivity index (χ2n) is 4.52. The Morgan fingerprint density at radius 3 is 2.71 bits per heavy atom. The highest BCUT2D eigenvalue weighted by Gasteiger charge is 2.24. The van der Waals surface area contributed by atoms with Gasteiger partial charge in [-0.3, -0.25) is 9.78 Å². The van der Waals surface area contributed by atoms with Crippen LogP contribution in [0.5, 0.6) is 0 Å². The molecule has 1 aromatic carbocycles. The van der Waals surface area contributed by atoms with Crippen LogP contribution in [0.25, 0.3) is 11.3 Å². The summed E-state index contributed by atoms with van der Waals surface area (Å²) in [4.78, 5) is 16.6. The molecule has 0 N–H and O–H groups in total. The van der Waals surface area contributed by atoms with E-state index in [0.717, 1.165) is 0 Å². The molecule has 0 amide bonds. The monoisotopic (exact) mass is 298 g/mol. The van der Waals surface area contributed by atoms with E-state index in [0.29, 0.717) is 33.2 Å².